The molecule has 2 aromatic rings. The van der Waals surface area contributed by atoms with Gasteiger partial charge in [-0.15, -0.1) is 0 Å². The van der Waals surface area contributed by atoms with Crippen molar-refractivity contribution in [3.05, 3.63) is 53.7 Å². The minimum absolute atomic E-state index is 0.0963. The topological polar surface area (TPSA) is 51.7 Å². The van der Waals surface area contributed by atoms with Gasteiger partial charge in [-0.2, -0.15) is 4.39 Å². The van der Waals surface area contributed by atoms with Gasteiger partial charge in [0.05, 0.1) is 0 Å². The van der Waals surface area contributed by atoms with E-state index in [2.05, 4.69) is 4.98 Å². The molecule has 1 aliphatic heterocycles. The Balaban J connectivity index is 1.71. The van der Waals surface area contributed by atoms with Crippen molar-refractivity contribution in [2.45, 2.75) is 45.1 Å². The lowest BCUT2D eigenvalue weighted by atomic mass is 9.90. The number of hydrogen-bond acceptors (Lipinski definition) is 4. The molecule has 0 bridgehead atoms. The summed E-state index contributed by atoms with van der Waals surface area (Å²) in [5.41, 5.74) is 0.280. The number of carbonyl (C=O) groups is 1. The molecule has 1 amide bonds. The average molecular weight is 390 g/mol. The third-order valence-electron chi connectivity index (χ3n) is 4.51. The highest BCUT2D eigenvalue weighted by molar-refractivity contribution is 5.68. The first kappa shape index (κ1) is 20.0. The van der Waals surface area contributed by atoms with Crippen molar-refractivity contribution in [1.82, 2.24) is 9.88 Å². The third kappa shape index (κ3) is 4.77. The third-order valence-corrected chi connectivity index (χ3v) is 4.51. The van der Waals surface area contributed by atoms with Crippen LogP contribution >= 0.6 is 0 Å². The lowest BCUT2D eigenvalue weighted by Crippen LogP contribution is -2.41. The summed E-state index contributed by atoms with van der Waals surface area (Å²) in [4.78, 5) is 18.1. The molecule has 150 valence electrons. The molecule has 1 aliphatic rings. The van der Waals surface area contributed by atoms with Gasteiger partial charge < -0.3 is 14.4 Å². The fourth-order valence-corrected chi connectivity index (χ4v) is 3.17. The molecule has 0 radical (unpaired) electrons. The quantitative estimate of drug-likeness (QED) is 0.717. The fraction of sp³-hybridized carbons (Fsp3) is 0.429. The molecule has 1 fully saturated rings. The van der Waals surface area contributed by atoms with E-state index in [1.54, 1.807) is 17.2 Å². The van der Waals surface area contributed by atoms with E-state index in [-0.39, 0.29) is 23.6 Å². The van der Waals surface area contributed by atoms with E-state index >= 15 is 0 Å². The first-order valence-electron chi connectivity index (χ1n) is 9.29. The van der Waals surface area contributed by atoms with Gasteiger partial charge in [0.25, 0.3) is 0 Å². The summed E-state index contributed by atoms with van der Waals surface area (Å²) in [6.07, 6.45) is 2.63. The Bertz CT molecular complexity index is 844. The van der Waals surface area contributed by atoms with Crippen molar-refractivity contribution in [2.75, 3.05) is 13.1 Å². The molecule has 1 aromatic carbocycles. The summed E-state index contributed by atoms with van der Waals surface area (Å²) in [6.45, 7) is 6.60. The van der Waals surface area contributed by atoms with E-state index in [1.165, 1.54) is 12.1 Å². The fourth-order valence-electron chi connectivity index (χ4n) is 3.17. The second-order valence-electron chi connectivity index (χ2n) is 7.79. The second kappa shape index (κ2) is 8.12. The van der Waals surface area contributed by atoms with E-state index in [4.69, 9.17) is 9.47 Å². The van der Waals surface area contributed by atoms with E-state index in [0.29, 0.717) is 25.9 Å². The lowest BCUT2D eigenvalue weighted by molar-refractivity contribution is 0.0204. The molecule has 1 aromatic heterocycles. The zero-order valence-electron chi connectivity index (χ0n) is 16.2. The highest BCUT2D eigenvalue weighted by Crippen LogP contribution is 2.36. The van der Waals surface area contributed by atoms with Gasteiger partial charge in [-0.05, 0) is 57.7 Å². The van der Waals surface area contributed by atoms with Crippen LogP contribution in [0.4, 0.5) is 13.6 Å². The monoisotopic (exact) mass is 390 g/mol. The molecule has 0 N–H and O–H groups in total. The average Bonchev–Trinajstić information content (AvgIpc) is 2.65. The summed E-state index contributed by atoms with van der Waals surface area (Å²) in [5.74, 6) is -1.87. The molecule has 2 heterocycles. The SMILES string of the molecule is CC(C)(C)OC(=O)N1CCC(c2cccnc2Oc2cccc(F)c2F)CC1. The van der Waals surface area contributed by atoms with Gasteiger partial charge in [0.15, 0.2) is 11.6 Å². The van der Waals surface area contributed by atoms with Crippen LogP contribution in [0.1, 0.15) is 45.1 Å². The number of nitrogens with zero attached hydrogens (tertiary/aromatic N) is 2. The van der Waals surface area contributed by atoms with Crippen LogP contribution in [0.2, 0.25) is 0 Å². The molecule has 0 aliphatic carbocycles. The lowest BCUT2D eigenvalue weighted by Gasteiger charge is -2.33. The van der Waals surface area contributed by atoms with Crippen LogP contribution in [0.15, 0.2) is 36.5 Å². The Labute approximate surface area is 163 Å². The van der Waals surface area contributed by atoms with Crippen LogP contribution in [0.25, 0.3) is 0 Å². The zero-order chi connectivity index (χ0) is 20.3. The van der Waals surface area contributed by atoms with Crippen LogP contribution in [-0.2, 0) is 4.74 Å². The van der Waals surface area contributed by atoms with Gasteiger partial charge >= 0.3 is 6.09 Å². The van der Waals surface area contributed by atoms with Crippen molar-refractivity contribution in [2.24, 2.45) is 0 Å². The number of hydrogen-bond donors (Lipinski definition) is 0. The van der Waals surface area contributed by atoms with Crippen LogP contribution < -0.4 is 4.74 Å². The number of amides is 1. The molecular weight excluding hydrogens is 366 g/mol. The Morgan fingerprint density at radius 2 is 1.86 bits per heavy atom. The van der Waals surface area contributed by atoms with Crippen LogP contribution in [0.3, 0.4) is 0 Å². The predicted molar refractivity (Wildman–Crippen MR) is 100 cm³/mol. The maximum atomic E-state index is 14.0. The standard InChI is InChI=1S/C21H24F2N2O3/c1-21(2,3)28-20(26)25-12-9-14(10-13-25)15-6-5-11-24-19(15)27-17-8-4-7-16(22)18(17)23/h4-8,11,14H,9-10,12-13H2,1-3H3. The molecule has 0 spiro atoms. The molecule has 0 unspecified atom stereocenters. The molecule has 1 saturated heterocycles. The number of ether oxygens (including phenoxy) is 2. The number of carbonyl (C=O) groups excluding carboxylic acids is 1. The number of aromatic nitrogens is 1. The van der Waals surface area contributed by atoms with Crippen LogP contribution in [-0.4, -0.2) is 34.7 Å². The molecule has 0 atom stereocenters. The Hall–Kier alpha value is -2.70. The van der Waals surface area contributed by atoms with Crippen molar-refractivity contribution in [3.8, 4) is 11.6 Å². The van der Waals surface area contributed by atoms with Crippen molar-refractivity contribution in [3.63, 3.8) is 0 Å². The molecular formula is C21H24F2N2O3. The smallest absolute Gasteiger partial charge is 0.410 e. The number of likely N-dealkylation sites (tertiary alicyclic amines) is 1. The first-order chi connectivity index (χ1) is 13.2. The van der Waals surface area contributed by atoms with Crippen molar-refractivity contribution in [1.29, 1.82) is 0 Å². The summed E-state index contributed by atoms with van der Waals surface area (Å²) in [7, 11) is 0. The number of benzene rings is 1. The Kier molecular flexibility index (Phi) is 5.82. The predicted octanol–water partition coefficient (Wildman–Crippen LogP) is 5.27. The number of halogens is 2. The maximum absolute atomic E-state index is 14.0. The van der Waals surface area contributed by atoms with Gasteiger partial charge in [0.2, 0.25) is 11.7 Å². The van der Waals surface area contributed by atoms with Crippen LogP contribution in [0, 0.1) is 11.6 Å². The van der Waals surface area contributed by atoms with Gasteiger partial charge in [0, 0.05) is 24.8 Å². The van der Waals surface area contributed by atoms with Gasteiger partial charge in [-0.1, -0.05) is 12.1 Å². The molecule has 7 heteroatoms. The number of pyridine rings is 1. The van der Waals surface area contributed by atoms with Crippen LogP contribution in [0.5, 0.6) is 11.6 Å². The molecule has 3 rings (SSSR count). The van der Waals surface area contributed by atoms with Crippen molar-refractivity contribution >= 4 is 6.09 Å². The van der Waals surface area contributed by atoms with Gasteiger partial charge in [-0.3, -0.25) is 0 Å². The van der Waals surface area contributed by atoms with Crippen molar-refractivity contribution < 1.29 is 23.0 Å². The summed E-state index contributed by atoms with van der Waals surface area (Å²) in [5, 5.41) is 0. The second-order valence-corrected chi connectivity index (χ2v) is 7.79. The van der Waals surface area contributed by atoms with E-state index < -0.39 is 17.2 Å². The minimum Gasteiger partial charge on any atom is -0.444 e. The molecule has 5 nitrogen and oxygen atoms in total. The van der Waals surface area contributed by atoms with E-state index in [9.17, 15) is 13.6 Å². The Morgan fingerprint density at radius 1 is 1.14 bits per heavy atom. The first-order valence-corrected chi connectivity index (χ1v) is 9.29. The highest BCUT2D eigenvalue weighted by atomic mass is 19.2. The number of rotatable bonds is 3. The normalized spacial score (nSPS) is 15.4. The maximum Gasteiger partial charge on any atom is 0.410 e. The minimum atomic E-state index is -1.04. The molecule has 0 saturated carbocycles. The molecule has 28 heavy (non-hydrogen) atoms. The Morgan fingerprint density at radius 3 is 2.54 bits per heavy atom. The summed E-state index contributed by atoms with van der Waals surface area (Å²) >= 11 is 0. The summed E-state index contributed by atoms with van der Waals surface area (Å²) < 4.78 is 38.4. The van der Waals surface area contributed by atoms with Gasteiger partial charge in [0.1, 0.15) is 5.60 Å². The zero-order valence-corrected chi connectivity index (χ0v) is 16.2. The van der Waals surface area contributed by atoms with E-state index in [1.807, 2.05) is 26.8 Å². The van der Waals surface area contributed by atoms with E-state index in [0.717, 1.165) is 11.6 Å². The largest absolute Gasteiger partial charge is 0.444 e. The highest BCUT2D eigenvalue weighted by Gasteiger charge is 2.29. The van der Waals surface area contributed by atoms with Gasteiger partial charge in [-0.25, -0.2) is 14.2 Å². The summed E-state index contributed by atoms with van der Waals surface area (Å²) in [6, 6.07) is 7.43. The number of piperidine rings is 1.